The van der Waals surface area contributed by atoms with Gasteiger partial charge in [-0.3, -0.25) is 5.41 Å². The van der Waals surface area contributed by atoms with E-state index in [9.17, 15) is 4.39 Å². The van der Waals surface area contributed by atoms with Crippen molar-refractivity contribution in [2.45, 2.75) is 6.92 Å². The van der Waals surface area contributed by atoms with Crippen molar-refractivity contribution in [3.8, 4) is 11.5 Å². The van der Waals surface area contributed by atoms with Gasteiger partial charge in [-0.25, -0.2) is 4.39 Å². The van der Waals surface area contributed by atoms with E-state index in [1.807, 2.05) is 0 Å². The van der Waals surface area contributed by atoms with Gasteiger partial charge in [0.1, 0.15) is 23.2 Å². The maximum Gasteiger partial charge on any atom is 0.138 e. The Hall–Kier alpha value is -2.36. The Labute approximate surface area is 105 Å². The molecular weight excluding hydrogens is 231 g/mol. The number of para-hydroxylation sites is 1. The number of nitrogen functional groups attached to an aromatic ring is 1. The quantitative estimate of drug-likeness (QED) is 0.643. The molecule has 0 aliphatic carbocycles. The molecule has 0 heterocycles. The smallest absolute Gasteiger partial charge is 0.138 e. The number of aryl methyl sites for hydroxylation is 1. The van der Waals surface area contributed by atoms with Crippen LogP contribution in [-0.4, -0.2) is 5.84 Å². The molecule has 0 aliphatic heterocycles. The Morgan fingerprint density at radius 1 is 1.17 bits per heavy atom. The lowest BCUT2D eigenvalue weighted by Crippen LogP contribution is -2.12. The highest BCUT2D eigenvalue weighted by Gasteiger charge is 2.08. The van der Waals surface area contributed by atoms with Crippen molar-refractivity contribution >= 4 is 5.84 Å². The first-order chi connectivity index (χ1) is 8.58. The second-order valence-electron chi connectivity index (χ2n) is 3.92. The second-order valence-corrected chi connectivity index (χ2v) is 3.92. The van der Waals surface area contributed by atoms with Crippen LogP contribution < -0.4 is 10.5 Å². The molecule has 0 bridgehead atoms. The number of benzene rings is 2. The third-order valence-electron chi connectivity index (χ3n) is 2.53. The maximum absolute atomic E-state index is 13.0. The van der Waals surface area contributed by atoms with Gasteiger partial charge < -0.3 is 10.5 Å². The topological polar surface area (TPSA) is 59.1 Å². The van der Waals surface area contributed by atoms with Crippen LogP contribution in [0.4, 0.5) is 4.39 Å². The van der Waals surface area contributed by atoms with Crippen LogP contribution in [0, 0.1) is 18.2 Å². The van der Waals surface area contributed by atoms with E-state index in [1.165, 1.54) is 12.1 Å². The van der Waals surface area contributed by atoms with Crippen molar-refractivity contribution in [1.82, 2.24) is 0 Å². The van der Waals surface area contributed by atoms with Gasteiger partial charge in [-0.15, -0.1) is 0 Å². The Balaban J connectivity index is 2.37. The van der Waals surface area contributed by atoms with E-state index >= 15 is 0 Å². The number of hydrogen-bond acceptors (Lipinski definition) is 2. The first kappa shape index (κ1) is 12.1. The molecule has 0 saturated carbocycles. The summed E-state index contributed by atoms with van der Waals surface area (Å²) in [4.78, 5) is 0. The summed E-state index contributed by atoms with van der Waals surface area (Å²) in [5, 5.41) is 7.47. The normalized spacial score (nSPS) is 10.1. The van der Waals surface area contributed by atoms with Crippen LogP contribution in [0.15, 0.2) is 42.5 Å². The minimum atomic E-state index is -0.306. The molecule has 3 N–H and O–H groups in total. The third kappa shape index (κ3) is 2.48. The minimum Gasteiger partial charge on any atom is -0.456 e. The summed E-state index contributed by atoms with van der Waals surface area (Å²) >= 11 is 0. The monoisotopic (exact) mass is 244 g/mol. The zero-order chi connectivity index (χ0) is 13.1. The molecule has 3 nitrogen and oxygen atoms in total. The predicted octanol–water partition coefficient (Wildman–Crippen LogP) is 3.21. The molecule has 0 atom stereocenters. The van der Waals surface area contributed by atoms with Gasteiger partial charge in [-0.1, -0.05) is 12.1 Å². The van der Waals surface area contributed by atoms with Crippen molar-refractivity contribution in [3.63, 3.8) is 0 Å². The Morgan fingerprint density at radius 3 is 2.56 bits per heavy atom. The molecule has 0 aromatic heterocycles. The van der Waals surface area contributed by atoms with Crippen molar-refractivity contribution in [1.29, 1.82) is 5.41 Å². The first-order valence-electron chi connectivity index (χ1n) is 5.45. The van der Waals surface area contributed by atoms with Gasteiger partial charge in [0.05, 0.1) is 5.56 Å². The highest BCUT2D eigenvalue weighted by atomic mass is 19.1. The molecule has 0 fully saturated rings. The molecule has 92 valence electrons. The van der Waals surface area contributed by atoms with Gasteiger partial charge in [-0.05, 0) is 42.8 Å². The number of nitrogens with one attached hydrogen (secondary N) is 1. The summed E-state index contributed by atoms with van der Waals surface area (Å²) in [5.74, 6) is 0.662. The number of halogens is 1. The summed E-state index contributed by atoms with van der Waals surface area (Å²) in [6.07, 6.45) is 0. The number of rotatable bonds is 3. The molecule has 0 amide bonds. The molecule has 0 unspecified atom stereocenters. The fraction of sp³-hybridized carbons (Fsp3) is 0.0714. The van der Waals surface area contributed by atoms with E-state index in [0.717, 1.165) is 0 Å². The Kier molecular flexibility index (Phi) is 3.28. The van der Waals surface area contributed by atoms with Crippen LogP contribution in [0.2, 0.25) is 0 Å². The van der Waals surface area contributed by atoms with Crippen LogP contribution >= 0.6 is 0 Å². The molecule has 0 spiro atoms. The van der Waals surface area contributed by atoms with Gasteiger partial charge in [0.2, 0.25) is 0 Å². The lowest BCUT2D eigenvalue weighted by molar-refractivity contribution is 0.475. The van der Waals surface area contributed by atoms with Gasteiger partial charge in [0, 0.05) is 0 Å². The zero-order valence-corrected chi connectivity index (χ0v) is 9.91. The van der Waals surface area contributed by atoms with Crippen molar-refractivity contribution in [2.24, 2.45) is 5.73 Å². The van der Waals surface area contributed by atoms with Crippen LogP contribution in [0.3, 0.4) is 0 Å². The number of ether oxygens (including phenoxy) is 1. The van der Waals surface area contributed by atoms with E-state index in [-0.39, 0.29) is 11.7 Å². The molecule has 0 saturated heterocycles. The standard InChI is InChI=1S/C14H13FN2O/c1-9-8-10(15)6-7-12(9)18-13-5-3-2-4-11(13)14(16)17/h2-8H,1H3,(H3,16,17). The van der Waals surface area contributed by atoms with Crippen molar-refractivity contribution in [3.05, 3.63) is 59.4 Å². The average molecular weight is 244 g/mol. The molecule has 0 aliphatic rings. The highest BCUT2D eigenvalue weighted by Crippen LogP contribution is 2.27. The third-order valence-corrected chi connectivity index (χ3v) is 2.53. The number of hydrogen-bond donors (Lipinski definition) is 2. The average Bonchev–Trinajstić information content (AvgIpc) is 2.33. The van der Waals surface area contributed by atoms with E-state index in [2.05, 4.69) is 0 Å². The molecule has 2 aromatic carbocycles. The number of amidine groups is 1. The Morgan fingerprint density at radius 2 is 1.89 bits per heavy atom. The fourth-order valence-electron chi connectivity index (χ4n) is 1.62. The largest absolute Gasteiger partial charge is 0.456 e. The molecule has 4 heteroatoms. The summed E-state index contributed by atoms with van der Waals surface area (Å²) in [6, 6.07) is 11.3. The Bertz CT molecular complexity index is 596. The molecule has 0 radical (unpaired) electrons. The first-order valence-corrected chi connectivity index (χ1v) is 5.45. The molecule has 18 heavy (non-hydrogen) atoms. The molecular formula is C14H13FN2O. The van der Waals surface area contributed by atoms with E-state index in [0.29, 0.717) is 22.6 Å². The molecule has 2 rings (SSSR count). The minimum absolute atomic E-state index is 0.0645. The van der Waals surface area contributed by atoms with Gasteiger partial charge >= 0.3 is 0 Å². The van der Waals surface area contributed by atoms with Gasteiger partial charge in [-0.2, -0.15) is 0 Å². The summed E-state index contributed by atoms with van der Waals surface area (Å²) < 4.78 is 18.7. The predicted molar refractivity (Wildman–Crippen MR) is 68.7 cm³/mol. The van der Waals surface area contributed by atoms with E-state index < -0.39 is 0 Å². The van der Waals surface area contributed by atoms with E-state index in [1.54, 1.807) is 37.3 Å². The number of nitrogens with two attached hydrogens (primary N) is 1. The summed E-state index contributed by atoms with van der Waals surface area (Å²) in [7, 11) is 0. The summed E-state index contributed by atoms with van der Waals surface area (Å²) in [5.41, 5.74) is 6.68. The van der Waals surface area contributed by atoms with Crippen molar-refractivity contribution in [2.75, 3.05) is 0 Å². The van der Waals surface area contributed by atoms with Crippen LogP contribution in [0.25, 0.3) is 0 Å². The van der Waals surface area contributed by atoms with E-state index in [4.69, 9.17) is 15.9 Å². The lowest BCUT2D eigenvalue weighted by Gasteiger charge is -2.11. The summed E-state index contributed by atoms with van der Waals surface area (Å²) in [6.45, 7) is 1.76. The maximum atomic E-state index is 13.0. The van der Waals surface area contributed by atoms with Crippen LogP contribution in [0.1, 0.15) is 11.1 Å². The molecule has 2 aromatic rings. The van der Waals surface area contributed by atoms with Gasteiger partial charge in [0.15, 0.2) is 0 Å². The zero-order valence-electron chi connectivity index (χ0n) is 9.91. The fourth-order valence-corrected chi connectivity index (χ4v) is 1.62. The van der Waals surface area contributed by atoms with Crippen LogP contribution in [-0.2, 0) is 0 Å². The highest BCUT2D eigenvalue weighted by molar-refractivity contribution is 5.97. The SMILES string of the molecule is Cc1cc(F)ccc1Oc1ccccc1C(=N)N. The lowest BCUT2D eigenvalue weighted by atomic mass is 10.1. The van der Waals surface area contributed by atoms with Gasteiger partial charge in [0.25, 0.3) is 0 Å². The van der Waals surface area contributed by atoms with Crippen molar-refractivity contribution < 1.29 is 9.13 Å². The van der Waals surface area contributed by atoms with Crippen LogP contribution in [0.5, 0.6) is 11.5 Å². The second kappa shape index (κ2) is 4.87.